The lowest BCUT2D eigenvalue weighted by Crippen LogP contribution is -2.53. The van der Waals surface area contributed by atoms with Crippen LogP contribution < -0.4 is 0 Å². The first kappa shape index (κ1) is 23.1. The second-order valence-corrected chi connectivity index (χ2v) is 13.0. The minimum atomic E-state index is 0.902. The first-order valence-electron chi connectivity index (χ1n) is 14.2. The van der Waals surface area contributed by atoms with Crippen molar-refractivity contribution < 1.29 is 0 Å². The fraction of sp³-hybridized carbons (Fsp3) is 1.00. The molecule has 0 aliphatic heterocycles. The molecule has 4 aliphatic rings. The first-order chi connectivity index (χ1) is 14.4. The van der Waals surface area contributed by atoms with Crippen LogP contribution in [0.15, 0.2) is 0 Å². The SMILES string of the molecule is CC1CC(C)C(C2CCC(N(C3CCCC(C)C3)C3CCCC(C)C3)CC2)C(C)C1. The van der Waals surface area contributed by atoms with Crippen LogP contribution in [0.3, 0.4) is 0 Å². The van der Waals surface area contributed by atoms with Gasteiger partial charge in [-0.3, -0.25) is 4.90 Å². The monoisotopic (exact) mass is 415 g/mol. The Morgan fingerprint density at radius 1 is 0.467 bits per heavy atom. The summed E-state index contributed by atoms with van der Waals surface area (Å²) in [4.78, 5) is 3.18. The van der Waals surface area contributed by atoms with Crippen molar-refractivity contribution >= 4 is 0 Å². The van der Waals surface area contributed by atoms with Crippen LogP contribution >= 0.6 is 0 Å². The standard InChI is InChI=1S/C29H53N/c1-20-8-6-10-27(18-20)30(28-11-7-9-21(2)19-28)26-14-12-25(13-15-26)29-23(4)16-22(3)17-24(29)5/h20-29H,6-19H2,1-5H3. The fourth-order valence-corrected chi connectivity index (χ4v) is 9.19. The van der Waals surface area contributed by atoms with E-state index in [2.05, 4.69) is 39.5 Å². The van der Waals surface area contributed by atoms with Crippen LogP contribution in [0.5, 0.6) is 0 Å². The highest BCUT2D eigenvalue weighted by Crippen LogP contribution is 2.47. The predicted octanol–water partition coefficient (Wildman–Crippen LogP) is 8.32. The summed E-state index contributed by atoms with van der Waals surface area (Å²) in [5.74, 6) is 6.82. The number of rotatable bonds is 4. The lowest BCUT2D eigenvalue weighted by Gasteiger charge is -2.51. The molecule has 0 radical (unpaired) electrons. The molecule has 4 saturated carbocycles. The van der Waals surface area contributed by atoms with Gasteiger partial charge in [-0.15, -0.1) is 0 Å². The molecular weight excluding hydrogens is 362 g/mol. The van der Waals surface area contributed by atoms with E-state index < -0.39 is 0 Å². The van der Waals surface area contributed by atoms with Crippen LogP contribution in [0.4, 0.5) is 0 Å². The maximum Gasteiger partial charge on any atom is 0.0104 e. The molecule has 30 heavy (non-hydrogen) atoms. The van der Waals surface area contributed by atoms with Crippen molar-refractivity contribution in [2.75, 3.05) is 0 Å². The van der Waals surface area contributed by atoms with Crippen molar-refractivity contribution in [2.24, 2.45) is 41.4 Å². The minimum absolute atomic E-state index is 0.902. The Morgan fingerprint density at radius 2 is 0.967 bits per heavy atom. The Labute approximate surface area is 189 Å². The molecule has 1 heteroatoms. The average molecular weight is 416 g/mol. The summed E-state index contributed by atoms with van der Waals surface area (Å²) < 4.78 is 0. The van der Waals surface area contributed by atoms with E-state index in [4.69, 9.17) is 0 Å². The van der Waals surface area contributed by atoms with E-state index in [0.717, 1.165) is 59.6 Å². The second-order valence-electron chi connectivity index (χ2n) is 13.0. The Bertz CT molecular complexity index is 486. The normalized spacial score (nSPS) is 48.6. The van der Waals surface area contributed by atoms with Gasteiger partial charge >= 0.3 is 0 Å². The molecule has 0 spiro atoms. The van der Waals surface area contributed by atoms with Crippen molar-refractivity contribution in [3.63, 3.8) is 0 Å². The average Bonchev–Trinajstić information content (AvgIpc) is 2.69. The molecule has 6 atom stereocenters. The molecule has 0 aromatic heterocycles. The first-order valence-corrected chi connectivity index (χ1v) is 14.2. The van der Waals surface area contributed by atoms with E-state index in [1.54, 1.807) is 0 Å². The van der Waals surface area contributed by atoms with Crippen LogP contribution in [0.1, 0.15) is 125 Å². The molecule has 4 fully saturated rings. The van der Waals surface area contributed by atoms with E-state index in [1.165, 1.54) is 89.9 Å². The van der Waals surface area contributed by atoms with E-state index in [9.17, 15) is 0 Å². The molecule has 4 aliphatic carbocycles. The third kappa shape index (κ3) is 5.29. The third-order valence-corrected chi connectivity index (χ3v) is 10.2. The van der Waals surface area contributed by atoms with Crippen LogP contribution in [0, 0.1) is 41.4 Å². The molecule has 174 valence electrons. The minimum Gasteiger partial charge on any atom is -0.294 e. The van der Waals surface area contributed by atoms with Crippen LogP contribution in [-0.4, -0.2) is 23.0 Å². The predicted molar refractivity (Wildman–Crippen MR) is 131 cm³/mol. The largest absolute Gasteiger partial charge is 0.294 e. The smallest absolute Gasteiger partial charge is 0.0104 e. The van der Waals surface area contributed by atoms with Crippen LogP contribution in [0.25, 0.3) is 0 Å². The molecule has 0 saturated heterocycles. The second kappa shape index (κ2) is 10.3. The van der Waals surface area contributed by atoms with Gasteiger partial charge in [0.1, 0.15) is 0 Å². The maximum atomic E-state index is 3.18. The van der Waals surface area contributed by atoms with Gasteiger partial charge in [-0.1, -0.05) is 60.3 Å². The van der Waals surface area contributed by atoms with Gasteiger partial charge in [0.15, 0.2) is 0 Å². The summed E-state index contributed by atoms with van der Waals surface area (Å²) in [6, 6.07) is 2.71. The lowest BCUT2D eigenvalue weighted by molar-refractivity contribution is -0.0148. The van der Waals surface area contributed by atoms with Gasteiger partial charge in [-0.25, -0.2) is 0 Å². The number of hydrogen-bond donors (Lipinski definition) is 0. The van der Waals surface area contributed by atoms with E-state index in [1.807, 2.05) is 0 Å². The zero-order chi connectivity index (χ0) is 21.3. The van der Waals surface area contributed by atoms with E-state index in [-0.39, 0.29) is 0 Å². The summed E-state index contributed by atoms with van der Waals surface area (Å²) in [6.45, 7) is 12.7. The summed E-state index contributed by atoms with van der Waals surface area (Å²) >= 11 is 0. The Morgan fingerprint density at radius 3 is 1.43 bits per heavy atom. The lowest BCUT2D eigenvalue weighted by atomic mass is 9.61. The highest BCUT2D eigenvalue weighted by atomic mass is 15.2. The highest BCUT2D eigenvalue weighted by Gasteiger charge is 2.41. The molecule has 4 rings (SSSR count). The van der Waals surface area contributed by atoms with Crippen LogP contribution in [-0.2, 0) is 0 Å². The quantitative estimate of drug-likeness (QED) is 0.446. The molecule has 0 heterocycles. The van der Waals surface area contributed by atoms with Crippen molar-refractivity contribution in [2.45, 2.75) is 143 Å². The topological polar surface area (TPSA) is 3.24 Å². The Hall–Kier alpha value is -0.0400. The van der Waals surface area contributed by atoms with Gasteiger partial charge in [0.25, 0.3) is 0 Å². The molecule has 6 unspecified atom stereocenters. The van der Waals surface area contributed by atoms with E-state index in [0.29, 0.717) is 0 Å². The van der Waals surface area contributed by atoms with Gasteiger partial charge in [-0.2, -0.15) is 0 Å². The fourth-order valence-electron chi connectivity index (χ4n) is 9.19. The molecule has 1 nitrogen and oxygen atoms in total. The number of hydrogen-bond acceptors (Lipinski definition) is 1. The summed E-state index contributed by atoms with van der Waals surface area (Å²) in [6.07, 6.45) is 20.9. The molecule has 0 amide bonds. The van der Waals surface area contributed by atoms with Gasteiger partial charge in [-0.05, 0) is 106 Å². The highest BCUT2D eigenvalue weighted by molar-refractivity contribution is 4.94. The Balaban J connectivity index is 1.42. The maximum absolute atomic E-state index is 3.18. The van der Waals surface area contributed by atoms with E-state index >= 15 is 0 Å². The summed E-state index contributed by atoms with van der Waals surface area (Å²) in [5.41, 5.74) is 0. The van der Waals surface area contributed by atoms with Crippen molar-refractivity contribution in [1.82, 2.24) is 4.90 Å². The van der Waals surface area contributed by atoms with Gasteiger partial charge in [0.2, 0.25) is 0 Å². The molecular formula is C29H53N. The van der Waals surface area contributed by atoms with Crippen molar-refractivity contribution in [3.8, 4) is 0 Å². The molecule has 0 aromatic rings. The van der Waals surface area contributed by atoms with Gasteiger partial charge in [0.05, 0.1) is 0 Å². The van der Waals surface area contributed by atoms with Gasteiger partial charge in [0, 0.05) is 18.1 Å². The van der Waals surface area contributed by atoms with Gasteiger partial charge < -0.3 is 0 Å². The zero-order valence-electron chi connectivity index (χ0n) is 21.1. The molecule has 0 aromatic carbocycles. The molecule has 0 N–H and O–H groups in total. The number of nitrogens with zero attached hydrogens (tertiary/aromatic N) is 1. The molecule has 0 bridgehead atoms. The zero-order valence-corrected chi connectivity index (χ0v) is 21.1. The van der Waals surface area contributed by atoms with Crippen LogP contribution in [0.2, 0.25) is 0 Å². The Kier molecular flexibility index (Phi) is 7.92. The van der Waals surface area contributed by atoms with Crippen molar-refractivity contribution in [3.05, 3.63) is 0 Å². The van der Waals surface area contributed by atoms with Crippen molar-refractivity contribution in [1.29, 1.82) is 0 Å². The third-order valence-electron chi connectivity index (χ3n) is 10.2. The summed E-state index contributed by atoms with van der Waals surface area (Å²) in [7, 11) is 0. The summed E-state index contributed by atoms with van der Waals surface area (Å²) in [5, 5.41) is 0.